The lowest BCUT2D eigenvalue weighted by Gasteiger charge is -2.34. The average Bonchev–Trinajstić information content (AvgIpc) is 3.16. The maximum Gasteiger partial charge on any atom is 0.409 e. The molecular weight excluding hydrogens is 336 g/mol. The molecule has 2 aliphatic heterocycles. The fourth-order valence-electron chi connectivity index (χ4n) is 3.04. The van der Waals surface area contributed by atoms with Gasteiger partial charge in [0.05, 0.1) is 12.3 Å². The van der Waals surface area contributed by atoms with Gasteiger partial charge in [-0.1, -0.05) is 0 Å². The topological polar surface area (TPSA) is 77.0 Å². The molecule has 0 radical (unpaired) electrons. The summed E-state index contributed by atoms with van der Waals surface area (Å²) in [6.45, 7) is 5.10. The highest BCUT2D eigenvalue weighted by Crippen LogP contribution is 2.35. The minimum absolute atomic E-state index is 0.251. The molecular formula is C18H20N4O4. The summed E-state index contributed by atoms with van der Waals surface area (Å²) in [4.78, 5) is 15.6. The molecule has 0 N–H and O–H groups in total. The molecule has 136 valence electrons. The number of benzene rings is 1. The number of rotatable bonds is 3. The van der Waals surface area contributed by atoms with E-state index in [0.29, 0.717) is 32.8 Å². The van der Waals surface area contributed by atoms with Crippen molar-refractivity contribution < 1.29 is 19.0 Å². The van der Waals surface area contributed by atoms with Crippen LogP contribution in [0.2, 0.25) is 0 Å². The second-order valence-corrected chi connectivity index (χ2v) is 6.02. The SMILES string of the molecule is CCOC(=O)N1CCN(c2ccc(-c3ccc4c(c3)OCO4)nn2)CC1. The van der Waals surface area contributed by atoms with E-state index in [9.17, 15) is 4.79 Å². The third-order valence-electron chi connectivity index (χ3n) is 4.45. The van der Waals surface area contributed by atoms with Crippen LogP contribution in [-0.4, -0.2) is 60.8 Å². The van der Waals surface area contributed by atoms with Crippen molar-refractivity contribution in [2.75, 3.05) is 44.5 Å². The third kappa shape index (κ3) is 3.22. The standard InChI is InChI=1S/C18H20N4O4/c1-2-24-18(23)22-9-7-21(8-10-22)17-6-4-14(19-20-17)13-3-5-15-16(11-13)26-12-25-15/h3-6,11H,2,7-10,12H2,1H3. The normalized spacial score (nSPS) is 15.9. The molecule has 0 aliphatic carbocycles. The minimum atomic E-state index is -0.253. The summed E-state index contributed by atoms with van der Waals surface area (Å²) in [5, 5.41) is 8.69. The highest BCUT2D eigenvalue weighted by atomic mass is 16.7. The summed E-state index contributed by atoms with van der Waals surface area (Å²) in [7, 11) is 0. The Morgan fingerprint density at radius 1 is 1.08 bits per heavy atom. The summed E-state index contributed by atoms with van der Waals surface area (Å²) in [6, 6.07) is 9.62. The molecule has 0 atom stereocenters. The Kier molecular flexibility index (Phi) is 4.47. The van der Waals surface area contributed by atoms with E-state index in [1.165, 1.54) is 0 Å². The van der Waals surface area contributed by atoms with E-state index in [1.54, 1.807) is 4.90 Å². The highest BCUT2D eigenvalue weighted by molar-refractivity contribution is 5.68. The van der Waals surface area contributed by atoms with Gasteiger partial charge in [0.2, 0.25) is 6.79 Å². The first-order valence-electron chi connectivity index (χ1n) is 8.65. The second kappa shape index (κ2) is 7.07. The first-order valence-corrected chi connectivity index (χ1v) is 8.65. The van der Waals surface area contributed by atoms with Crippen LogP contribution in [0, 0.1) is 0 Å². The number of carbonyl (C=O) groups excluding carboxylic acids is 1. The van der Waals surface area contributed by atoms with Crippen molar-refractivity contribution in [3.8, 4) is 22.8 Å². The molecule has 0 saturated carbocycles. The van der Waals surface area contributed by atoms with Gasteiger partial charge in [-0.15, -0.1) is 10.2 Å². The van der Waals surface area contributed by atoms with E-state index in [1.807, 2.05) is 37.3 Å². The van der Waals surface area contributed by atoms with Gasteiger partial charge in [-0.2, -0.15) is 0 Å². The van der Waals surface area contributed by atoms with Gasteiger partial charge in [-0.05, 0) is 37.3 Å². The maximum absolute atomic E-state index is 11.8. The first-order chi connectivity index (χ1) is 12.7. The van der Waals surface area contributed by atoms with Crippen molar-refractivity contribution in [3.63, 3.8) is 0 Å². The van der Waals surface area contributed by atoms with Crippen molar-refractivity contribution in [3.05, 3.63) is 30.3 Å². The van der Waals surface area contributed by atoms with Crippen LogP contribution in [0.1, 0.15) is 6.92 Å². The van der Waals surface area contributed by atoms with E-state index >= 15 is 0 Å². The van der Waals surface area contributed by atoms with Crippen molar-refractivity contribution in [2.24, 2.45) is 0 Å². The number of nitrogens with zero attached hydrogens (tertiary/aromatic N) is 4. The first kappa shape index (κ1) is 16.4. The number of carbonyl (C=O) groups is 1. The second-order valence-electron chi connectivity index (χ2n) is 6.02. The summed E-state index contributed by atoms with van der Waals surface area (Å²) >= 11 is 0. The Balaban J connectivity index is 1.41. The molecule has 4 rings (SSSR count). The van der Waals surface area contributed by atoms with E-state index < -0.39 is 0 Å². The minimum Gasteiger partial charge on any atom is -0.454 e. The lowest BCUT2D eigenvalue weighted by molar-refractivity contribution is 0.105. The average molecular weight is 356 g/mol. The number of anilines is 1. The van der Waals surface area contributed by atoms with Gasteiger partial charge in [-0.25, -0.2) is 4.79 Å². The molecule has 0 spiro atoms. The smallest absolute Gasteiger partial charge is 0.409 e. The van der Waals surface area contributed by atoms with Crippen LogP contribution in [0.25, 0.3) is 11.3 Å². The van der Waals surface area contributed by atoms with Gasteiger partial charge >= 0.3 is 6.09 Å². The summed E-state index contributed by atoms with van der Waals surface area (Å²) in [5.74, 6) is 2.28. The van der Waals surface area contributed by atoms with Crippen LogP contribution in [0.3, 0.4) is 0 Å². The van der Waals surface area contributed by atoms with Crippen molar-refractivity contribution in [1.29, 1.82) is 0 Å². The van der Waals surface area contributed by atoms with Crippen LogP contribution >= 0.6 is 0 Å². The number of amides is 1. The number of piperazine rings is 1. The molecule has 8 heteroatoms. The lowest BCUT2D eigenvalue weighted by atomic mass is 10.1. The molecule has 3 heterocycles. The summed E-state index contributed by atoms with van der Waals surface area (Å²) < 4.78 is 15.8. The van der Waals surface area contributed by atoms with Gasteiger partial charge in [0.15, 0.2) is 17.3 Å². The Morgan fingerprint density at radius 2 is 1.88 bits per heavy atom. The number of hydrogen-bond acceptors (Lipinski definition) is 7. The quantitative estimate of drug-likeness (QED) is 0.834. The molecule has 1 fully saturated rings. The van der Waals surface area contributed by atoms with Crippen molar-refractivity contribution in [2.45, 2.75) is 6.92 Å². The van der Waals surface area contributed by atoms with Gasteiger partial charge in [0, 0.05) is 31.7 Å². The van der Waals surface area contributed by atoms with Crippen LogP contribution in [0.15, 0.2) is 30.3 Å². The third-order valence-corrected chi connectivity index (χ3v) is 4.45. The predicted molar refractivity (Wildman–Crippen MR) is 94.4 cm³/mol. The van der Waals surface area contributed by atoms with Gasteiger partial charge < -0.3 is 24.0 Å². The van der Waals surface area contributed by atoms with Crippen LogP contribution in [0.4, 0.5) is 10.6 Å². The summed E-state index contributed by atoms with van der Waals surface area (Å²) in [5.41, 5.74) is 1.71. The Hall–Kier alpha value is -3.03. The van der Waals surface area contributed by atoms with Gasteiger partial charge in [-0.3, -0.25) is 0 Å². The summed E-state index contributed by atoms with van der Waals surface area (Å²) in [6.07, 6.45) is -0.253. The van der Waals surface area contributed by atoms with Gasteiger partial charge in [0.25, 0.3) is 0 Å². The molecule has 1 aromatic carbocycles. The molecule has 2 aliphatic rings. The molecule has 0 bridgehead atoms. The van der Waals surface area contributed by atoms with E-state index in [2.05, 4.69) is 15.1 Å². The molecule has 1 amide bonds. The fourth-order valence-corrected chi connectivity index (χ4v) is 3.04. The number of aromatic nitrogens is 2. The Morgan fingerprint density at radius 3 is 2.62 bits per heavy atom. The Bertz CT molecular complexity index is 788. The monoisotopic (exact) mass is 356 g/mol. The highest BCUT2D eigenvalue weighted by Gasteiger charge is 2.23. The molecule has 1 saturated heterocycles. The molecule has 1 aromatic heterocycles. The molecule has 26 heavy (non-hydrogen) atoms. The van der Waals surface area contributed by atoms with Crippen molar-refractivity contribution in [1.82, 2.24) is 15.1 Å². The zero-order valence-electron chi connectivity index (χ0n) is 14.6. The predicted octanol–water partition coefficient (Wildman–Crippen LogP) is 2.15. The number of hydrogen-bond donors (Lipinski definition) is 0. The van der Waals surface area contributed by atoms with E-state index in [0.717, 1.165) is 28.6 Å². The number of ether oxygens (including phenoxy) is 3. The van der Waals surface area contributed by atoms with Crippen molar-refractivity contribution >= 4 is 11.9 Å². The molecule has 0 unspecified atom stereocenters. The lowest BCUT2D eigenvalue weighted by Crippen LogP contribution is -2.49. The molecule has 8 nitrogen and oxygen atoms in total. The van der Waals surface area contributed by atoms with E-state index in [4.69, 9.17) is 14.2 Å². The Labute approximate surface area is 151 Å². The largest absolute Gasteiger partial charge is 0.454 e. The zero-order chi connectivity index (χ0) is 17.9. The maximum atomic E-state index is 11.8. The molecule has 2 aromatic rings. The fraction of sp³-hybridized carbons (Fsp3) is 0.389. The number of fused-ring (bicyclic) bond motifs is 1. The van der Waals surface area contributed by atoms with Crippen LogP contribution in [-0.2, 0) is 4.74 Å². The van der Waals surface area contributed by atoms with Crippen LogP contribution < -0.4 is 14.4 Å². The zero-order valence-corrected chi connectivity index (χ0v) is 14.6. The van der Waals surface area contributed by atoms with E-state index in [-0.39, 0.29) is 12.9 Å². The van der Waals surface area contributed by atoms with Crippen LogP contribution in [0.5, 0.6) is 11.5 Å². The van der Waals surface area contributed by atoms with Gasteiger partial charge in [0.1, 0.15) is 0 Å².